The molecule has 0 saturated carbocycles. The van der Waals surface area contributed by atoms with Gasteiger partial charge in [-0.3, -0.25) is 0 Å². The van der Waals surface area contributed by atoms with Crippen LogP contribution in [0.25, 0.3) is 0 Å². The van der Waals surface area contributed by atoms with E-state index in [1.165, 1.54) is 19.2 Å². The Labute approximate surface area is 115 Å². The highest BCUT2D eigenvalue weighted by molar-refractivity contribution is 9.11. The van der Waals surface area contributed by atoms with Crippen molar-refractivity contribution in [2.24, 2.45) is 0 Å². The summed E-state index contributed by atoms with van der Waals surface area (Å²) in [6, 6.07) is 2.12. The molecule has 17 heavy (non-hydrogen) atoms. The molecule has 0 fully saturated rings. The van der Waals surface area contributed by atoms with Crippen molar-refractivity contribution in [3.63, 3.8) is 0 Å². The first kappa shape index (κ1) is 14.3. The summed E-state index contributed by atoms with van der Waals surface area (Å²) in [5.41, 5.74) is 5.64. The molecule has 0 radical (unpaired) electrons. The summed E-state index contributed by atoms with van der Waals surface area (Å²) in [5.74, 6) is 0. The van der Waals surface area contributed by atoms with Gasteiger partial charge in [-0.1, -0.05) is 15.9 Å². The molecule has 0 spiro atoms. The highest BCUT2D eigenvalue weighted by atomic mass is 79.9. The van der Waals surface area contributed by atoms with Gasteiger partial charge in [0.05, 0.1) is 5.69 Å². The second kappa shape index (κ2) is 5.23. The van der Waals surface area contributed by atoms with Gasteiger partial charge in [0.25, 0.3) is 10.0 Å². The Morgan fingerprint density at radius 3 is 2.41 bits per heavy atom. The number of amides is 2. The smallest absolute Gasteiger partial charge is 0.328 e. The van der Waals surface area contributed by atoms with Crippen LogP contribution in [0.15, 0.2) is 26.0 Å². The maximum Gasteiger partial charge on any atom is 0.328 e. The molecule has 9 heteroatoms. The fourth-order valence-electron chi connectivity index (χ4n) is 1.09. The van der Waals surface area contributed by atoms with E-state index in [-0.39, 0.29) is 15.1 Å². The minimum Gasteiger partial charge on any atom is -0.398 e. The molecule has 0 bridgehead atoms. The van der Waals surface area contributed by atoms with E-state index in [1.54, 1.807) is 0 Å². The molecule has 0 aliphatic rings. The molecule has 0 aliphatic carbocycles. The summed E-state index contributed by atoms with van der Waals surface area (Å²) in [4.78, 5) is 10.8. The van der Waals surface area contributed by atoms with E-state index >= 15 is 0 Å². The quantitative estimate of drug-likeness (QED) is 0.668. The highest BCUT2D eigenvalue weighted by Gasteiger charge is 2.23. The number of rotatable bonds is 2. The molecule has 0 atom stereocenters. The standard InChI is InChI=1S/C8H9Br2N3O3S/c1-12-8(14)13-17(15,16)7-5(10)2-4(9)3-6(7)11/h2-3H,11H2,1H3,(H2,12,13,14). The largest absolute Gasteiger partial charge is 0.398 e. The summed E-state index contributed by atoms with van der Waals surface area (Å²) in [7, 11) is -2.69. The van der Waals surface area contributed by atoms with E-state index in [4.69, 9.17) is 5.73 Å². The number of urea groups is 1. The van der Waals surface area contributed by atoms with Gasteiger partial charge in [0, 0.05) is 16.0 Å². The lowest BCUT2D eigenvalue weighted by Gasteiger charge is -2.11. The Balaban J connectivity index is 3.29. The number of hydrogen-bond acceptors (Lipinski definition) is 4. The molecule has 94 valence electrons. The van der Waals surface area contributed by atoms with Crippen LogP contribution in [-0.4, -0.2) is 21.5 Å². The first-order valence-corrected chi connectivity index (χ1v) is 7.34. The summed E-state index contributed by atoms with van der Waals surface area (Å²) in [6.45, 7) is 0. The second-order valence-electron chi connectivity index (χ2n) is 2.99. The molecule has 2 amide bonds. The second-order valence-corrected chi connectivity index (χ2v) is 6.38. The SMILES string of the molecule is CNC(=O)NS(=O)(=O)c1c(N)cc(Br)cc1Br. The minimum atomic E-state index is -4.00. The maximum atomic E-state index is 11.9. The monoisotopic (exact) mass is 385 g/mol. The highest BCUT2D eigenvalue weighted by Crippen LogP contribution is 2.31. The number of carbonyl (C=O) groups excluding carboxylic acids is 1. The number of halogens is 2. The van der Waals surface area contributed by atoms with Gasteiger partial charge >= 0.3 is 6.03 Å². The van der Waals surface area contributed by atoms with Crippen molar-refractivity contribution in [2.75, 3.05) is 12.8 Å². The van der Waals surface area contributed by atoms with Crippen LogP contribution in [0.5, 0.6) is 0 Å². The molecule has 4 N–H and O–H groups in total. The van der Waals surface area contributed by atoms with Crippen molar-refractivity contribution in [3.8, 4) is 0 Å². The van der Waals surface area contributed by atoms with Gasteiger partial charge in [-0.15, -0.1) is 0 Å². The average Bonchev–Trinajstić information content (AvgIpc) is 2.14. The normalized spacial score (nSPS) is 11.0. The summed E-state index contributed by atoms with van der Waals surface area (Å²) >= 11 is 6.26. The topological polar surface area (TPSA) is 101 Å². The molecule has 0 saturated heterocycles. The van der Waals surface area contributed by atoms with Crippen molar-refractivity contribution < 1.29 is 13.2 Å². The van der Waals surface area contributed by atoms with Crippen LogP contribution in [0, 0.1) is 0 Å². The summed E-state index contributed by atoms with van der Waals surface area (Å²) in [5, 5.41) is 2.15. The number of sulfonamides is 1. The number of nitrogens with one attached hydrogen (secondary N) is 2. The van der Waals surface area contributed by atoms with Gasteiger partial charge in [-0.2, -0.15) is 0 Å². The van der Waals surface area contributed by atoms with Gasteiger partial charge < -0.3 is 11.1 Å². The lowest BCUT2D eigenvalue weighted by molar-refractivity contribution is 0.248. The van der Waals surface area contributed by atoms with E-state index in [0.29, 0.717) is 4.47 Å². The lowest BCUT2D eigenvalue weighted by Crippen LogP contribution is -2.37. The fraction of sp³-hybridized carbons (Fsp3) is 0.125. The van der Waals surface area contributed by atoms with Crippen LogP contribution in [0.2, 0.25) is 0 Å². The number of nitrogen functional groups attached to an aromatic ring is 1. The van der Waals surface area contributed by atoms with E-state index < -0.39 is 16.1 Å². The molecule has 0 aromatic heterocycles. The van der Waals surface area contributed by atoms with Crippen molar-refractivity contribution >= 4 is 53.6 Å². The van der Waals surface area contributed by atoms with Gasteiger partial charge in [-0.05, 0) is 28.1 Å². The molecule has 1 aromatic carbocycles. The summed E-state index contributed by atoms with van der Waals surface area (Å²) in [6.07, 6.45) is 0. The fourth-order valence-corrected chi connectivity index (χ4v) is 4.12. The van der Waals surface area contributed by atoms with Gasteiger partial charge in [0.1, 0.15) is 4.90 Å². The van der Waals surface area contributed by atoms with Crippen LogP contribution in [0.1, 0.15) is 0 Å². The van der Waals surface area contributed by atoms with Crippen LogP contribution in [0.3, 0.4) is 0 Å². The third-order valence-electron chi connectivity index (χ3n) is 1.76. The minimum absolute atomic E-state index is 0.0302. The van der Waals surface area contributed by atoms with Crippen LogP contribution >= 0.6 is 31.9 Å². The van der Waals surface area contributed by atoms with Gasteiger partial charge in [0.15, 0.2) is 0 Å². The van der Waals surface area contributed by atoms with Crippen LogP contribution in [0.4, 0.5) is 10.5 Å². The zero-order valence-electron chi connectivity index (χ0n) is 8.62. The third kappa shape index (κ3) is 3.33. The number of benzene rings is 1. The molecule has 0 unspecified atom stereocenters. The van der Waals surface area contributed by atoms with Gasteiger partial charge in [0.2, 0.25) is 0 Å². The molecule has 1 rings (SSSR count). The number of carbonyl (C=O) groups is 1. The Morgan fingerprint density at radius 2 is 1.94 bits per heavy atom. The zero-order valence-corrected chi connectivity index (χ0v) is 12.6. The average molecular weight is 387 g/mol. The summed E-state index contributed by atoms with van der Waals surface area (Å²) < 4.78 is 26.4. The molecule has 1 aromatic rings. The first-order chi connectivity index (χ1) is 7.77. The molecule has 6 nitrogen and oxygen atoms in total. The van der Waals surface area contributed by atoms with Gasteiger partial charge in [-0.25, -0.2) is 17.9 Å². The van der Waals surface area contributed by atoms with E-state index in [2.05, 4.69) is 37.2 Å². The van der Waals surface area contributed by atoms with E-state index in [9.17, 15) is 13.2 Å². The Kier molecular flexibility index (Phi) is 4.39. The predicted molar refractivity (Wildman–Crippen MR) is 71.0 cm³/mol. The Bertz CT molecular complexity index is 536. The maximum absolute atomic E-state index is 11.9. The third-order valence-corrected chi connectivity index (χ3v) is 4.55. The Morgan fingerprint density at radius 1 is 1.35 bits per heavy atom. The predicted octanol–water partition coefficient (Wildman–Crippen LogP) is 1.41. The van der Waals surface area contributed by atoms with Crippen molar-refractivity contribution in [1.29, 1.82) is 0 Å². The molecule has 0 heterocycles. The van der Waals surface area contributed by atoms with Crippen molar-refractivity contribution in [2.45, 2.75) is 4.90 Å². The Hall–Kier alpha value is -0.800. The number of nitrogens with two attached hydrogens (primary N) is 1. The van der Waals surface area contributed by atoms with Crippen molar-refractivity contribution in [1.82, 2.24) is 10.0 Å². The molecular formula is C8H9Br2N3O3S. The van der Waals surface area contributed by atoms with E-state index in [0.717, 1.165) is 0 Å². The molecule has 0 aliphatic heterocycles. The van der Waals surface area contributed by atoms with E-state index in [1.807, 2.05) is 4.72 Å². The van der Waals surface area contributed by atoms with Crippen molar-refractivity contribution in [3.05, 3.63) is 21.1 Å². The van der Waals surface area contributed by atoms with Crippen LogP contribution < -0.4 is 15.8 Å². The lowest BCUT2D eigenvalue weighted by atomic mass is 10.3. The number of anilines is 1. The molecular weight excluding hydrogens is 378 g/mol. The number of hydrogen-bond donors (Lipinski definition) is 3. The first-order valence-electron chi connectivity index (χ1n) is 4.27. The zero-order chi connectivity index (χ0) is 13.2. The van der Waals surface area contributed by atoms with Crippen LogP contribution in [-0.2, 0) is 10.0 Å².